The van der Waals surface area contributed by atoms with Gasteiger partial charge in [0, 0.05) is 46.9 Å². The molecule has 5 heteroatoms. The summed E-state index contributed by atoms with van der Waals surface area (Å²) in [4.78, 5) is 4.73. The van der Waals surface area contributed by atoms with Crippen LogP contribution < -0.4 is 9.64 Å². The largest absolute Gasteiger partial charge is 0.495 e. The van der Waals surface area contributed by atoms with Crippen molar-refractivity contribution in [2.24, 2.45) is 0 Å². The highest BCUT2D eigenvalue weighted by Gasteiger charge is 2.21. The minimum atomic E-state index is -0.146. The molecule has 0 aromatic heterocycles. The number of hydrogen-bond acceptors (Lipinski definition) is 5. The normalized spacial score (nSPS) is 16.7. The monoisotopic (exact) mass is 280 g/mol. The lowest BCUT2D eigenvalue weighted by molar-refractivity contribution is -0.116. The highest BCUT2D eigenvalue weighted by Crippen LogP contribution is 2.28. The van der Waals surface area contributed by atoms with Crippen molar-refractivity contribution in [1.29, 1.82) is 0 Å². The average Bonchev–Trinajstić information content (AvgIpc) is 2.53. The standard InChI is InChI=1S/C15H24N2O3/c1-18-14-7-5-4-6-13(14)17-10-8-16(9-11-17)12-15(19-2)20-3/h4-7,15H,8-12H2,1-3H3. The number of para-hydroxylation sites is 2. The lowest BCUT2D eigenvalue weighted by Gasteiger charge is -2.37. The second-order valence-electron chi connectivity index (χ2n) is 4.86. The molecule has 1 aliphatic heterocycles. The molecule has 2 rings (SSSR count). The van der Waals surface area contributed by atoms with Crippen molar-refractivity contribution < 1.29 is 14.2 Å². The molecule has 1 aromatic carbocycles. The first-order valence-corrected chi connectivity index (χ1v) is 6.94. The highest BCUT2D eigenvalue weighted by atomic mass is 16.7. The summed E-state index contributed by atoms with van der Waals surface area (Å²) >= 11 is 0. The summed E-state index contributed by atoms with van der Waals surface area (Å²) < 4.78 is 15.9. The van der Waals surface area contributed by atoms with E-state index >= 15 is 0 Å². The molecule has 1 saturated heterocycles. The third kappa shape index (κ3) is 3.62. The Bertz CT molecular complexity index is 402. The van der Waals surface area contributed by atoms with Crippen LogP contribution in [0, 0.1) is 0 Å². The lowest BCUT2D eigenvalue weighted by atomic mass is 10.2. The quantitative estimate of drug-likeness (QED) is 0.737. The fraction of sp³-hybridized carbons (Fsp3) is 0.600. The summed E-state index contributed by atoms with van der Waals surface area (Å²) in [6.07, 6.45) is -0.146. The zero-order valence-electron chi connectivity index (χ0n) is 12.5. The van der Waals surface area contributed by atoms with E-state index in [1.807, 2.05) is 12.1 Å². The smallest absolute Gasteiger partial charge is 0.169 e. The van der Waals surface area contributed by atoms with E-state index in [1.54, 1.807) is 21.3 Å². The number of rotatable bonds is 6. The third-order valence-corrected chi connectivity index (χ3v) is 3.73. The van der Waals surface area contributed by atoms with Gasteiger partial charge in [-0.1, -0.05) is 12.1 Å². The molecule has 0 atom stereocenters. The first kappa shape index (κ1) is 15.1. The first-order chi connectivity index (χ1) is 9.78. The highest BCUT2D eigenvalue weighted by molar-refractivity contribution is 5.58. The Hall–Kier alpha value is -1.30. The Labute approximate surface area is 121 Å². The number of ether oxygens (including phenoxy) is 3. The molecule has 1 fully saturated rings. The van der Waals surface area contributed by atoms with Crippen LogP contribution in [0.4, 0.5) is 5.69 Å². The van der Waals surface area contributed by atoms with Crippen LogP contribution in [-0.4, -0.2) is 65.2 Å². The van der Waals surface area contributed by atoms with Crippen LogP contribution in [0.5, 0.6) is 5.75 Å². The second-order valence-corrected chi connectivity index (χ2v) is 4.86. The molecule has 0 spiro atoms. The maximum absolute atomic E-state index is 5.43. The zero-order chi connectivity index (χ0) is 14.4. The number of hydrogen-bond donors (Lipinski definition) is 0. The minimum absolute atomic E-state index is 0.146. The molecule has 0 bridgehead atoms. The predicted molar refractivity (Wildman–Crippen MR) is 79.5 cm³/mol. The van der Waals surface area contributed by atoms with E-state index in [2.05, 4.69) is 21.9 Å². The minimum Gasteiger partial charge on any atom is -0.495 e. The van der Waals surface area contributed by atoms with Gasteiger partial charge in [0.05, 0.1) is 12.8 Å². The Morgan fingerprint density at radius 3 is 2.25 bits per heavy atom. The van der Waals surface area contributed by atoms with Gasteiger partial charge in [0.15, 0.2) is 6.29 Å². The van der Waals surface area contributed by atoms with Crippen LogP contribution in [0.15, 0.2) is 24.3 Å². The van der Waals surface area contributed by atoms with E-state index in [0.717, 1.165) is 38.5 Å². The average molecular weight is 280 g/mol. The molecule has 0 radical (unpaired) electrons. The molecule has 0 saturated carbocycles. The molecule has 1 heterocycles. The van der Waals surface area contributed by atoms with Crippen molar-refractivity contribution in [3.8, 4) is 5.75 Å². The fourth-order valence-electron chi connectivity index (χ4n) is 2.52. The van der Waals surface area contributed by atoms with Crippen molar-refractivity contribution in [2.45, 2.75) is 6.29 Å². The van der Waals surface area contributed by atoms with Crippen LogP contribution >= 0.6 is 0 Å². The van der Waals surface area contributed by atoms with Gasteiger partial charge in [-0.3, -0.25) is 4.90 Å². The predicted octanol–water partition coefficient (Wildman–Crippen LogP) is 1.44. The second kappa shape index (κ2) is 7.47. The number of nitrogens with zero attached hydrogens (tertiary/aromatic N) is 2. The van der Waals surface area contributed by atoms with Gasteiger partial charge in [0.2, 0.25) is 0 Å². The van der Waals surface area contributed by atoms with Crippen molar-refractivity contribution in [1.82, 2.24) is 4.90 Å². The van der Waals surface area contributed by atoms with E-state index in [-0.39, 0.29) is 6.29 Å². The molecule has 1 aromatic rings. The molecule has 0 unspecified atom stereocenters. The number of piperazine rings is 1. The molecule has 0 amide bonds. The van der Waals surface area contributed by atoms with Gasteiger partial charge in [0.1, 0.15) is 5.75 Å². The van der Waals surface area contributed by atoms with E-state index in [4.69, 9.17) is 14.2 Å². The van der Waals surface area contributed by atoms with Gasteiger partial charge >= 0.3 is 0 Å². The van der Waals surface area contributed by atoms with Gasteiger partial charge in [-0.2, -0.15) is 0 Å². The van der Waals surface area contributed by atoms with Gasteiger partial charge in [-0.05, 0) is 12.1 Å². The Balaban J connectivity index is 1.91. The van der Waals surface area contributed by atoms with Crippen LogP contribution in [0.3, 0.4) is 0 Å². The maximum Gasteiger partial charge on any atom is 0.169 e. The van der Waals surface area contributed by atoms with Gasteiger partial charge in [-0.15, -0.1) is 0 Å². The topological polar surface area (TPSA) is 34.2 Å². The van der Waals surface area contributed by atoms with E-state index < -0.39 is 0 Å². The number of anilines is 1. The molecule has 20 heavy (non-hydrogen) atoms. The zero-order valence-corrected chi connectivity index (χ0v) is 12.5. The summed E-state index contributed by atoms with van der Waals surface area (Å²) in [6, 6.07) is 8.17. The van der Waals surface area contributed by atoms with Gasteiger partial charge < -0.3 is 19.1 Å². The van der Waals surface area contributed by atoms with Crippen LogP contribution in [0.1, 0.15) is 0 Å². The Kier molecular flexibility index (Phi) is 5.64. The first-order valence-electron chi connectivity index (χ1n) is 6.94. The van der Waals surface area contributed by atoms with Gasteiger partial charge in [-0.25, -0.2) is 0 Å². The summed E-state index contributed by atoms with van der Waals surface area (Å²) in [6.45, 7) is 4.79. The molecule has 5 nitrogen and oxygen atoms in total. The molecular weight excluding hydrogens is 256 g/mol. The molecule has 1 aliphatic rings. The lowest BCUT2D eigenvalue weighted by Crippen LogP contribution is -2.49. The summed E-state index contributed by atoms with van der Waals surface area (Å²) in [5.41, 5.74) is 1.17. The molecule has 0 aliphatic carbocycles. The van der Waals surface area contributed by atoms with Crippen LogP contribution in [-0.2, 0) is 9.47 Å². The molecule has 112 valence electrons. The number of methoxy groups -OCH3 is 3. The molecular formula is C15H24N2O3. The van der Waals surface area contributed by atoms with Crippen LogP contribution in [0.2, 0.25) is 0 Å². The summed E-state index contributed by atoms with van der Waals surface area (Å²) in [5.74, 6) is 0.938. The third-order valence-electron chi connectivity index (χ3n) is 3.73. The van der Waals surface area contributed by atoms with E-state index in [1.165, 1.54) is 5.69 Å². The van der Waals surface area contributed by atoms with Crippen molar-refractivity contribution in [2.75, 3.05) is 59.0 Å². The molecule has 0 N–H and O–H groups in total. The van der Waals surface area contributed by atoms with Crippen LogP contribution in [0.25, 0.3) is 0 Å². The SMILES string of the molecule is COc1ccccc1N1CCN(CC(OC)OC)CC1. The van der Waals surface area contributed by atoms with Gasteiger partial charge in [0.25, 0.3) is 0 Å². The summed E-state index contributed by atoms with van der Waals surface area (Å²) in [7, 11) is 5.08. The fourth-order valence-corrected chi connectivity index (χ4v) is 2.52. The van der Waals surface area contributed by atoms with E-state index in [9.17, 15) is 0 Å². The van der Waals surface area contributed by atoms with Crippen molar-refractivity contribution >= 4 is 5.69 Å². The maximum atomic E-state index is 5.43. The van der Waals surface area contributed by atoms with Crippen molar-refractivity contribution in [3.05, 3.63) is 24.3 Å². The van der Waals surface area contributed by atoms with E-state index in [0.29, 0.717) is 0 Å². The van der Waals surface area contributed by atoms with Crippen molar-refractivity contribution in [3.63, 3.8) is 0 Å². The summed E-state index contributed by atoms with van der Waals surface area (Å²) in [5, 5.41) is 0. The Morgan fingerprint density at radius 2 is 1.65 bits per heavy atom. The Morgan fingerprint density at radius 1 is 1.00 bits per heavy atom. The number of benzene rings is 1.